The highest BCUT2D eigenvalue weighted by molar-refractivity contribution is 5.91. The van der Waals surface area contributed by atoms with Crippen molar-refractivity contribution in [3.63, 3.8) is 0 Å². The number of phenols is 3. The molecule has 3 heterocycles. The van der Waals surface area contributed by atoms with E-state index in [2.05, 4.69) is 0 Å². The summed E-state index contributed by atoms with van der Waals surface area (Å²) in [6, 6.07) is 6.60. The topological polar surface area (TPSA) is 231 Å². The molecule has 3 aromatic rings. The van der Waals surface area contributed by atoms with Gasteiger partial charge in [0.15, 0.2) is 11.0 Å². The lowest BCUT2D eigenvalue weighted by Crippen LogP contribution is -2.49. The molecule has 2 saturated heterocycles. The van der Waals surface area contributed by atoms with E-state index in [9.17, 15) is 50.8 Å². The molecule has 0 bridgehead atoms. The summed E-state index contributed by atoms with van der Waals surface area (Å²) in [6.45, 7) is -0.966. The van der Waals surface area contributed by atoms with Crippen molar-refractivity contribution < 1.29 is 59.8 Å². The quantitative estimate of drug-likeness (QED) is 0.194. The summed E-state index contributed by atoms with van der Waals surface area (Å²) >= 11 is 0. The number of rotatable bonds is 3. The van der Waals surface area contributed by atoms with Crippen molar-refractivity contribution in [2.75, 3.05) is 13.2 Å². The third-order valence-electron chi connectivity index (χ3n) is 6.92. The largest absolute Gasteiger partial charge is 0.508 e. The molecule has 2 aliphatic heterocycles. The highest BCUT2D eigenvalue weighted by Crippen LogP contribution is 2.50. The van der Waals surface area contributed by atoms with E-state index in [1.807, 2.05) is 0 Å². The smallest absolute Gasteiger partial charge is 0.197 e. The Morgan fingerprint density at radius 2 is 1.21 bits per heavy atom. The van der Waals surface area contributed by atoms with Gasteiger partial charge in [0.2, 0.25) is 0 Å². The summed E-state index contributed by atoms with van der Waals surface area (Å²) in [5.41, 5.74) is -1.86. The van der Waals surface area contributed by atoms with Crippen LogP contribution in [0.1, 0.15) is 23.3 Å². The lowest BCUT2D eigenvalue weighted by Gasteiger charge is -2.38. The third kappa shape index (κ3) is 4.19. The normalized spacial score (nSPS) is 31.9. The van der Waals surface area contributed by atoms with Gasteiger partial charge in [-0.3, -0.25) is 4.79 Å². The van der Waals surface area contributed by atoms with Gasteiger partial charge in [0.05, 0.1) is 24.3 Å². The van der Waals surface area contributed by atoms with E-state index in [4.69, 9.17) is 13.9 Å². The lowest BCUT2D eigenvalue weighted by molar-refractivity contribution is -0.191. The van der Waals surface area contributed by atoms with Crippen molar-refractivity contribution in [3.8, 4) is 28.6 Å². The van der Waals surface area contributed by atoms with Crippen molar-refractivity contribution in [1.29, 1.82) is 0 Å². The lowest BCUT2D eigenvalue weighted by atomic mass is 9.87. The summed E-state index contributed by atoms with van der Waals surface area (Å²) in [6.07, 6.45) is -13.3. The second-order valence-electron chi connectivity index (χ2n) is 9.36. The van der Waals surface area contributed by atoms with Gasteiger partial charge in [0.1, 0.15) is 77.2 Å². The van der Waals surface area contributed by atoms with Crippen LogP contribution in [0.3, 0.4) is 0 Å². The molecule has 2 aromatic carbocycles. The first-order chi connectivity index (χ1) is 18.0. The van der Waals surface area contributed by atoms with Gasteiger partial charge in [-0.25, -0.2) is 0 Å². The molecule has 13 nitrogen and oxygen atoms in total. The van der Waals surface area contributed by atoms with Crippen LogP contribution >= 0.6 is 0 Å². The summed E-state index contributed by atoms with van der Waals surface area (Å²) < 4.78 is 16.8. The molecular formula is C25H26O13. The van der Waals surface area contributed by atoms with Crippen LogP contribution in [0, 0.1) is 0 Å². The molecule has 0 aliphatic carbocycles. The summed E-state index contributed by atoms with van der Waals surface area (Å²) in [5.74, 6) is -1.80. The highest BCUT2D eigenvalue weighted by Gasteiger charge is 2.46. The van der Waals surface area contributed by atoms with Crippen LogP contribution in [0.4, 0.5) is 0 Å². The molecule has 5 rings (SSSR count). The first-order valence-electron chi connectivity index (χ1n) is 11.7. The number of phenolic OH excluding ortho intramolecular Hbond substituents is 3. The Labute approximate surface area is 213 Å². The molecule has 2 unspecified atom stereocenters. The van der Waals surface area contributed by atoms with E-state index in [0.29, 0.717) is 5.56 Å². The Morgan fingerprint density at radius 1 is 0.684 bits per heavy atom. The molecule has 2 fully saturated rings. The number of aromatic hydroxyl groups is 3. The zero-order chi connectivity index (χ0) is 27.5. The molecule has 2 aliphatic rings. The minimum Gasteiger partial charge on any atom is -0.508 e. The molecule has 0 amide bonds. The molecule has 38 heavy (non-hydrogen) atoms. The van der Waals surface area contributed by atoms with Crippen molar-refractivity contribution in [2.45, 2.75) is 48.8 Å². The van der Waals surface area contributed by atoms with Gasteiger partial charge in [-0.05, 0) is 24.3 Å². The minimum absolute atomic E-state index is 0.0475. The second kappa shape index (κ2) is 9.80. The number of aliphatic hydroxyl groups excluding tert-OH is 6. The molecule has 0 spiro atoms. The molecule has 9 N–H and O–H groups in total. The van der Waals surface area contributed by atoms with Crippen molar-refractivity contribution in [3.05, 3.63) is 51.7 Å². The van der Waals surface area contributed by atoms with Gasteiger partial charge in [-0.15, -0.1) is 0 Å². The first kappa shape index (κ1) is 26.3. The predicted molar refractivity (Wildman–Crippen MR) is 126 cm³/mol. The van der Waals surface area contributed by atoms with Crippen LogP contribution in [-0.2, 0) is 9.47 Å². The first-order valence-corrected chi connectivity index (χ1v) is 11.7. The standard InChI is InChI=1S/C25H26O13/c26-9-3-1-8(2-4-9)13-5-10(27)14-19(32)15(24-21(34)17(30)11(28)6-36-24)20(33)16(23(14)38-13)25-22(35)18(31)12(29)7-37-25/h1-5,11-12,17-18,21-22,24-26,28-35H,6-7H2/t11-,12-,17+,18+,21?,22?,24-,25-/m1/s1. The monoisotopic (exact) mass is 534 g/mol. The number of fused-ring (bicyclic) bond motifs is 1. The number of hydrogen-bond donors (Lipinski definition) is 9. The number of hydrogen-bond acceptors (Lipinski definition) is 13. The van der Waals surface area contributed by atoms with Gasteiger partial charge in [-0.2, -0.15) is 0 Å². The Kier molecular flexibility index (Phi) is 6.79. The fourth-order valence-electron chi connectivity index (χ4n) is 4.83. The van der Waals surface area contributed by atoms with Crippen molar-refractivity contribution in [1.82, 2.24) is 0 Å². The Balaban J connectivity index is 1.80. The van der Waals surface area contributed by atoms with Gasteiger partial charge in [-0.1, -0.05) is 0 Å². The van der Waals surface area contributed by atoms with Gasteiger partial charge < -0.3 is 59.8 Å². The maximum absolute atomic E-state index is 13.3. The maximum atomic E-state index is 13.3. The molecule has 0 radical (unpaired) electrons. The van der Waals surface area contributed by atoms with E-state index in [0.717, 1.165) is 6.07 Å². The number of benzene rings is 2. The average molecular weight is 534 g/mol. The van der Waals surface area contributed by atoms with E-state index < -0.39 is 101 Å². The van der Waals surface area contributed by atoms with E-state index in [-0.39, 0.29) is 11.5 Å². The minimum atomic E-state index is -1.85. The average Bonchev–Trinajstić information content (AvgIpc) is 2.88. The SMILES string of the molecule is O=c1cc(-c2ccc(O)cc2)oc2c([C@H]3OC[C@@H](O)[C@H](O)C3O)c(O)c([C@H]3OC[C@@H](O)[C@H](O)C3O)c(O)c12. The number of aliphatic hydroxyl groups is 6. The van der Waals surface area contributed by atoms with Crippen LogP contribution in [0.2, 0.25) is 0 Å². The Hall–Kier alpha value is -3.27. The molecule has 0 saturated carbocycles. The zero-order valence-electron chi connectivity index (χ0n) is 19.6. The molecule has 1 aromatic heterocycles. The van der Waals surface area contributed by atoms with Crippen LogP contribution in [0.5, 0.6) is 17.2 Å². The van der Waals surface area contributed by atoms with Crippen LogP contribution in [0.15, 0.2) is 39.5 Å². The third-order valence-corrected chi connectivity index (χ3v) is 6.92. The van der Waals surface area contributed by atoms with E-state index in [1.165, 1.54) is 24.3 Å². The summed E-state index contributed by atoms with van der Waals surface area (Å²) in [7, 11) is 0. The fraction of sp³-hybridized carbons (Fsp3) is 0.400. The predicted octanol–water partition coefficient (Wildman–Crippen LogP) is -1.12. The van der Waals surface area contributed by atoms with Crippen molar-refractivity contribution >= 4 is 11.0 Å². The molecule has 8 atom stereocenters. The maximum Gasteiger partial charge on any atom is 0.197 e. The van der Waals surface area contributed by atoms with Crippen LogP contribution in [-0.4, -0.2) is 95.8 Å². The van der Waals surface area contributed by atoms with Crippen molar-refractivity contribution in [2.24, 2.45) is 0 Å². The van der Waals surface area contributed by atoms with Crippen LogP contribution in [0.25, 0.3) is 22.3 Å². The van der Waals surface area contributed by atoms with Gasteiger partial charge in [0, 0.05) is 11.6 Å². The van der Waals surface area contributed by atoms with E-state index >= 15 is 0 Å². The second-order valence-corrected chi connectivity index (χ2v) is 9.36. The summed E-state index contributed by atoms with van der Waals surface area (Å²) in [4.78, 5) is 13.3. The Morgan fingerprint density at radius 3 is 1.76 bits per heavy atom. The highest BCUT2D eigenvalue weighted by atomic mass is 16.5. The number of ether oxygens (including phenoxy) is 2. The molecule has 13 heteroatoms. The Bertz CT molecular complexity index is 1400. The molecule has 204 valence electrons. The van der Waals surface area contributed by atoms with E-state index in [1.54, 1.807) is 0 Å². The van der Waals surface area contributed by atoms with Gasteiger partial charge >= 0.3 is 0 Å². The van der Waals surface area contributed by atoms with Crippen LogP contribution < -0.4 is 5.43 Å². The molecular weight excluding hydrogens is 508 g/mol. The fourth-order valence-corrected chi connectivity index (χ4v) is 4.83. The van der Waals surface area contributed by atoms with Gasteiger partial charge in [0.25, 0.3) is 0 Å². The summed E-state index contributed by atoms with van der Waals surface area (Å²) in [5, 5.41) is 93.1. The zero-order valence-corrected chi connectivity index (χ0v) is 19.6.